The summed E-state index contributed by atoms with van der Waals surface area (Å²) in [6, 6.07) is 5.94. The van der Waals surface area contributed by atoms with Gasteiger partial charge in [-0.2, -0.15) is 13.9 Å². The summed E-state index contributed by atoms with van der Waals surface area (Å²) in [5.41, 5.74) is 2.46. The van der Waals surface area contributed by atoms with E-state index in [-0.39, 0.29) is 18.1 Å². The maximum Gasteiger partial charge on any atom is 0.387 e. The zero-order valence-electron chi connectivity index (χ0n) is 11.6. The van der Waals surface area contributed by atoms with Crippen molar-refractivity contribution >= 4 is 11.7 Å². The third-order valence-electron chi connectivity index (χ3n) is 3.02. The number of carbonyl (C=O) groups is 1. The molecule has 0 aliphatic rings. The van der Waals surface area contributed by atoms with Gasteiger partial charge >= 0.3 is 6.61 Å². The molecule has 1 heterocycles. The van der Waals surface area contributed by atoms with Gasteiger partial charge in [0.15, 0.2) is 5.82 Å². The number of hydrogen-bond donors (Lipinski definition) is 2. The fraction of sp³-hybridized carbons (Fsp3) is 0.286. The van der Waals surface area contributed by atoms with E-state index in [1.807, 2.05) is 13.8 Å². The number of aromatic amines is 1. The number of ether oxygens (including phenoxy) is 1. The van der Waals surface area contributed by atoms with Crippen LogP contribution in [0.1, 0.15) is 16.8 Å². The van der Waals surface area contributed by atoms with Gasteiger partial charge in [-0.1, -0.05) is 12.1 Å². The van der Waals surface area contributed by atoms with Crippen LogP contribution < -0.4 is 10.1 Å². The molecule has 0 spiro atoms. The Morgan fingerprint density at radius 3 is 2.52 bits per heavy atom. The van der Waals surface area contributed by atoms with Crippen LogP contribution >= 0.6 is 0 Å². The zero-order valence-corrected chi connectivity index (χ0v) is 11.6. The van der Waals surface area contributed by atoms with Crippen molar-refractivity contribution in [1.29, 1.82) is 0 Å². The second kappa shape index (κ2) is 6.34. The van der Waals surface area contributed by atoms with E-state index in [2.05, 4.69) is 20.3 Å². The van der Waals surface area contributed by atoms with Crippen LogP contribution in [0.2, 0.25) is 0 Å². The first-order valence-corrected chi connectivity index (χ1v) is 6.31. The smallest absolute Gasteiger partial charge is 0.387 e. The van der Waals surface area contributed by atoms with E-state index < -0.39 is 6.61 Å². The summed E-state index contributed by atoms with van der Waals surface area (Å²) < 4.78 is 28.3. The van der Waals surface area contributed by atoms with Crippen molar-refractivity contribution in [2.24, 2.45) is 0 Å². The van der Waals surface area contributed by atoms with Gasteiger partial charge in [0.2, 0.25) is 5.91 Å². The van der Waals surface area contributed by atoms with E-state index in [9.17, 15) is 13.6 Å². The van der Waals surface area contributed by atoms with Gasteiger partial charge in [-0.25, -0.2) is 0 Å². The second-order valence-corrected chi connectivity index (χ2v) is 4.57. The van der Waals surface area contributed by atoms with Gasteiger partial charge in [0.25, 0.3) is 0 Å². The van der Waals surface area contributed by atoms with Crippen molar-refractivity contribution in [2.45, 2.75) is 26.9 Å². The molecule has 1 aromatic heterocycles. The van der Waals surface area contributed by atoms with Crippen LogP contribution in [0.5, 0.6) is 5.75 Å². The SMILES string of the molecule is Cc1[nH]nc(NC(=O)Cc2ccc(OC(F)F)cc2)c1C. The van der Waals surface area contributed by atoms with Crippen LogP contribution in [0, 0.1) is 13.8 Å². The number of nitrogens with zero attached hydrogens (tertiary/aromatic N) is 1. The summed E-state index contributed by atoms with van der Waals surface area (Å²) in [6.45, 7) is 0.856. The van der Waals surface area contributed by atoms with Gasteiger partial charge in [0.1, 0.15) is 5.75 Å². The molecule has 0 radical (unpaired) electrons. The van der Waals surface area contributed by atoms with Crippen molar-refractivity contribution in [3.8, 4) is 5.75 Å². The lowest BCUT2D eigenvalue weighted by Crippen LogP contribution is -2.15. The molecule has 0 unspecified atom stereocenters. The number of H-pyrrole nitrogens is 1. The van der Waals surface area contributed by atoms with Crippen LogP contribution in [0.3, 0.4) is 0 Å². The van der Waals surface area contributed by atoms with Gasteiger partial charge < -0.3 is 10.1 Å². The highest BCUT2D eigenvalue weighted by molar-refractivity contribution is 5.92. The van der Waals surface area contributed by atoms with E-state index in [4.69, 9.17) is 0 Å². The first kappa shape index (κ1) is 15.0. The van der Waals surface area contributed by atoms with Gasteiger partial charge in [-0.05, 0) is 31.5 Å². The fourth-order valence-electron chi connectivity index (χ4n) is 1.76. The molecule has 2 rings (SSSR count). The predicted octanol–water partition coefficient (Wildman–Crippen LogP) is 2.81. The lowest BCUT2D eigenvalue weighted by molar-refractivity contribution is -0.115. The highest BCUT2D eigenvalue weighted by atomic mass is 19.3. The molecule has 0 saturated carbocycles. The second-order valence-electron chi connectivity index (χ2n) is 4.57. The monoisotopic (exact) mass is 295 g/mol. The van der Waals surface area contributed by atoms with Crippen LogP contribution in [0.15, 0.2) is 24.3 Å². The molecule has 0 bridgehead atoms. The van der Waals surface area contributed by atoms with Gasteiger partial charge in [0, 0.05) is 11.3 Å². The summed E-state index contributed by atoms with van der Waals surface area (Å²) in [6.07, 6.45) is 0.125. The summed E-state index contributed by atoms with van der Waals surface area (Å²) >= 11 is 0. The molecular weight excluding hydrogens is 280 g/mol. The van der Waals surface area contributed by atoms with E-state index in [0.717, 1.165) is 11.3 Å². The molecule has 0 atom stereocenters. The zero-order chi connectivity index (χ0) is 15.4. The van der Waals surface area contributed by atoms with Crippen LogP contribution in [0.25, 0.3) is 0 Å². The number of carbonyl (C=O) groups excluding carboxylic acids is 1. The Kier molecular flexibility index (Phi) is 4.52. The van der Waals surface area contributed by atoms with Crippen molar-refractivity contribution in [3.05, 3.63) is 41.1 Å². The quantitative estimate of drug-likeness (QED) is 0.891. The Labute approximate surface area is 120 Å². The molecule has 0 fully saturated rings. The number of aryl methyl sites for hydroxylation is 1. The number of hydrogen-bond acceptors (Lipinski definition) is 3. The average molecular weight is 295 g/mol. The van der Waals surface area contributed by atoms with Crippen LogP contribution in [-0.2, 0) is 11.2 Å². The van der Waals surface area contributed by atoms with Crippen LogP contribution in [-0.4, -0.2) is 22.7 Å². The molecule has 7 heteroatoms. The molecule has 21 heavy (non-hydrogen) atoms. The minimum Gasteiger partial charge on any atom is -0.435 e. The summed E-state index contributed by atoms with van der Waals surface area (Å²) in [7, 11) is 0. The van der Waals surface area contributed by atoms with Gasteiger partial charge in [-0.3, -0.25) is 9.89 Å². The van der Waals surface area contributed by atoms with Gasteiger partial charge in [0.05, 0.1) is 6.42 Å². The van der Waals surface area contributed by atoms with Gasteiger partial charge in [-0.15, -0.1) is 0 Å². The minimum atomic E-state index is -2.86. The number of alkyl halides is 2. The first-order valence-electron chi connectivity index (χ1n) is 6.31. The maximum absolute atomic E-state index is 12.0. The Bertz CT molecular complexity index is 624. The molecule has 0 aliphatic carbocycles. The van der Waals surface area contributed by atoms with E-state index in [0.29, 0.717) is 11.4 Å². The maximum atomic E-state index is 12.0. The molecule has 112 valence electrons. The molecule has 1 aromatic carbocycles. The summed E-state index contributed by atoms with van der Waals surface area (Å²) in [5.74, 6) is 0.329. The van der Waals surface area contributed by atoms with Crippen molar-refractivity contribution in [2.75, 3.05) is 5.32 Å². The van der Waals surface area contributed by atoms with Crippen LogP contribution in [0.4, 0.5) is 14.6 Å². The summed E-state index contributed by atoms with van der Waals surface area (Å²) in [4.78, 5) is 11.9. The van der Waals surface area contributed by atoms with Crippen molar-refractivity contribution in [3.63, 3.8) is 0 Å². The highest BCUT2D eigenvalue weighted by Crippen LogP contribution is 2.17. The molecular formula is C14H15F2N3O2. The largest absolute Gasteiger partial charge is 0.435 e. The number of nitrogens with one attached hydrogen (secondary N) is 2. The highest BCUT2D eigenvalue weighted by Gasteiger charge is 2.10. The Morgan fingerprint density at radius 2 is 2.00 bits per heavy atom. The minimum absolute atomic E-state index is 0.0629. The fourth-order valence-corrected chi connectivity index (χ4v) is 1.76. The first-order chi connectivity index (χ1) is 9.95. The number of amides is 1. The Morgan fingerprint density at radius 1 is 1.33 bits per heavy atom. The van der Waals surface area contributed by atoms with E-state index in [1.54, 1.807) is 12.1 Å². The number of rotatable bonds is 5. The van der Waals surface area contributed by atoms with Crippen molar-refractivity contribution < 1.29 is 18.3 Å². The molecule has 0 aliphatic heterocycles. The molecule has 5 nitrogen and oxygen atoms in total. The topological polar surface area (TPSA) is 67.0 Å². The number of halogens is 2. The molecule has 1 amide bonds. The lowest BCUT2D eigenvalue weighted by Gasteiger charge is -2.06. The molecule has 2 N–H and O–H groups in total. The summed E-state index contributed by atoms with van der Waals surface area (Å²) in [5, 5.41) is 9.46. The lowest BCUT2D eigenvalue weighted by atomic mass is 10.1. The van der Waals surface area contributed by atoms with Crippen molar-refractivity contribution in [1.82, 2.24) is 10.2 Å². The normalized spacial score (nSPS) is 10.7. The standard InChI is InChI=1S/C14H15F2N3O2/c1-8-9(2)18-19-13(8)17-12(20)7-10-3-5-11(6-4-10)21-14(15)16/h3-6,14H,7H2,1-2H3,(H2,17,18,19,20). The van der Waals surface area contributed by atoms with E-state index >= 15 is 0 Å². The molecule has 2 aromatic rings. The van der Waals surface area contributed by atoms with E-state index in [1.165, 1.54) is 12.1 Å². The Hall–Kier alpha value is -2.44. The number of aromatic nitrogens is 2. The Balaban J connectivity index is 1.95. The number of anilines is 1. The predicted molar refractivity (Wildman–Crippen MR) is 73.5 cm³/mol. The number of benzene rings is 1. The average Bonchev–Trinajstić information content (AvgIpc) is 2.72. The molecule has 0 saturated heterocycles. The third-order valence-corrected chi connectivity index (χ3v) is 3.02. The third kappa shape index (κ3) is 4.01.